The molecular formula is C23H25ClO6. The van der Waals surface area contributed by atoms with Crippen LogP contribution < -0.4 is 14.2 Å². The summed E-state index contributed by atoms with van der Waals surface area (Å²) in [6, 6.07) is 8.44. The lowest BCUT2D eigenvalue weighted by molar-refractivity contribution is -0.138. The number of ether oxygens (including phenoxy) is 4. The van der Waals surface area contributed by atoms with E-state index >= 15 is 0 Å². The van der Waals surface area contributed by atoms with Gasteiger partial charge in [-0.25, -0.2) is 4.79 Å². The fourth-order valence-electron chi connectivity index (χ4n) is 2.71. The second-order valence-electron chi connectivity index (χ2n) is 6.22. The molecule has 160 valence electrons. The van der Waals surface area contributed by atoms with Crippen molar-refractivity contribution in [2.75, 3.05) is 20.3 Å². The highest BCUT2D eigenvalue weighted by molar-refractivity contribution is 6.32. The molecule has 0 unspecified atom stereocenters. The van der Waals surface area contributed by atoms with Crippen molar-refractivity contribution in [1.29, 1.82) is 0 Å². The molecule has 0 radical (unpaired) electrons. The van der Waals surface area contributed by atoms with Crippen LogP contribution in [-0.4, -0.2) is 32.1 Å². The number of methoxy groups -OCH3 is 1. The van der Waals surface area contributed by atoms with Gasteiger partial charge in [0.05, 0.1) is 25.3 Å². The van der Waals surface area contributed by atoms with Crippen LogP contribution in [0.2, 0.25) is 5.02 Å². The average molecular weight is 433 g/mol. The third-order valence-electron chi connectivity index (χ3n) is 4.08. The van der Waals surface area contributed by atoms with E-state index in [0.29, 0.717) is 52.2 Å². The molecule has 0 aromatic heterocycles. The molecule has 0 spiro atoms. The third-order valence-corrected chi connectivity index (χ3v) is 4.37. The Hall–Kier alpha value is -2.99. The minimum Gasteiger partial charge on any atom is -0.493 e. The van der Waals surface area contributed by atoms with Gasteiger partial charge in [-0.3, -0.25) is 4.79 Å². The van der Waals surface area contributed by atoms with Gasteiger partial charge in [-0.2, -0.15) is 0 Å². The van der Waals surface area contributed by atoms with Crippen LogP contribution in [0.15, 0.2) is 36.4 Å². The first-order chi connectivity index (χ1) is 14.4. The van der Waals surface area contributed by atoms with E-state index in [1.54, 1.807) is 36.4 Å². The van der Waals surface area contributed by atoms with E-state index in [4.69, 9.17) is 30.5 Å². The van der Waals surface area contributed by atoms with Gasteiger partial charge >= 0.3 is 5.97 Å². The Labute approximate surface area is 181 Å². The predicted molar refractivity (Wildman–Crippen MR) is 116 cm³/mol. The lowest BCUT2D eigenvalue weighted by atomic mass is 10.1. The fraction of sp³-hybridized carbons (Fsp3) is 0.304. The third kappa shape index (κ3) is 6.26. The molecule has 0 N–H and O–H groups in total. The Morgan fingerprint density at radius 3 is 2.37 bits per heavy atom. The molecule has 7 heteroatoms. The van der Waals surface area contributed by atoms with Crippen molar-refractivity contribution in [3.05, 3.63) is 58.1 Å². The van der Waals surface area contributed by atoms with Crippen LogP contribution in [0.1, 0.15) is 42.3 Å². The lowest BCUT2D eigenvalue weighted by Crippen LogP contribution is -2.05. The lowest BCUT2D eigenvalue weighted by Gasteiger charge is -2.12. The normalized spacial score (nSPS) is 10.7. The van der Waals surface area contributed by atoms with Crippen molar-refractivity contribution < 1.29 is 28.5 Å². The van der Waals surface area contributed by atoms with E-state index in [9.17, 15) is 9.59 Å². The summed E-state index contributed by atoms with van der Waals surface area (Å²) in [6.07, 6.45) is 2.87. The predicted octanol–water partition coefficient (Wildman–Crippen LogP) is 5.11. The minimum atomic E-state index is -0.546. The van der Waals surface area contributed by atoms with E-state index in [1.807, 2.05) is 13.8 Å². The second kappa shape index (κ2) is 11.3. The highest BCUT2D eigenvalue weighted by Gasteiger charge is 2.12. The van der Waals surface area contributed by atoms with Gasteiger partial charge in [0.2, 0.25) is 0 Å². The average Bonchev–Trinajstić information content (AvgIpc) is 2.71. The molecule has 2 aromatic carbocycles. The Morgan fingerprint density at radius 1 is 1.03 bits per heavy atom. The summed E-state index contributed by atoms with van der Waals surface area (Å²) >= 11 is 6.22. The Morgan fingerprint density at radius 2 is 1.73 bits per heavy atom. The van der Waals surface area contributed by atoms with Gasteiger partial charge in [0.25, 0.3) is 0 Å². The van der Waals surface area contributed by atoms with Crippen molar-refractivity contribution >= 4 is 29.4 Å². The fourth-order valence-corrected chi connectivity index (χ4v) is 3.01. The van der Waals surface area contributed by atoms with Crippen LogP contribution in [0.5, 0.6) is 17.2 Å². The van der Waals surface area contributed by atoms with E-state index in [0.717, 1.165) is 0 Å². The largest absolute Gasteiger partial charge is 0.493 e. The number of hydrogen-bond acceptors (Lipinski definition) is 6. The number of hydrogen-bond donors (Lipinski definition) is 0. The molecule has 0 saturated carbocycles. The second-order valence-corrected chi connectivity index (χ2v) is 6.63. The molecule has 0 bridgehead atoms. The smallest absolute Gasteiger partial charge is 0.331 e. The Bertz CT molecular complexity index is 936. The zero-order chi connectivity index (χ0) is 22.1. The van der Waals surface area contributed by atoms with Gasteiger partial charge in [0.15, 0.2) is 17.3 Å². The summed E-state index contributed by atoms with van der Waals surface area (Å²) < 4.78 is 21.6. The topological polar surface area (TPSA) is 71.1 Å². The van der Waals surface area contributed by atoms with Gasteiger partial charge in [-0.1, -0.05) is 11.6 Å². The van der Waals surface area contributed by atoms with Crippen LogP contribution in [0, 0.1) is 0 Å². The van der Waals surface area contributed by atoms with E-state index in [2.05, 4.69) is 0 Å². The van der Waals surface area contributed by atoms with Gasteiger partial charge in [0.1, 0.15) is 12.4 Å². The standard InChI is InChI=1S/C23H25ClO6/c1-5-28-20-9-8-17(15(3)25)13-18(20)14-30-22(26)10-7-16-11-19(24)23(27-4)21(12-16)29-6-2/h7-13H,5-6,14H2,1-4H3/b10-7+. The molecule has 0 aliphatic rings. The minimum absolute atomic E-state index is 0.0206. The number of carbonyl (C=O) groups is 2. The SMILES string of the molecule is CCOc1ccc(C(C)=O)cc1COC(=O)/C=C/c1cc(Cl)c(OC)c(OCC)c1. The Kier molecular flexibility index (Phi) is 8.74. The molecule has 30 heavy (non-hydrogen) atoms. The number of esters is 1. The molecule has 0 atom stereocenters. The molecule has 0 aliphatic carbocycles. The molecule has 0 heterocycles. The summed E-state index contributed by atoms with van der Waals surface area (Å²) in [7, 11) is 1.51. The first kappa shape index (κ1) is 23.3. The van der Waals surface area contributed by atoms with Gasteiger partial charge < -0.3 is 18.9 Å². The number of carbonyl (C=O) groups excluding carboxylic acids is 2. The maximum atomic E-state index is 12.2. The first-order valence-electron chi connectivity index (χ1n) is 9.51. The van der Waals surface area contributed by atoms with E-state index in [1.165, 1.54) is 20.1 Å². The number of rotatable bonds is 10. The summed E-state index contributed by atoms with van der Waals surface area (Å²) in [5.41, 5.74) is 1.81. The highest BCUT2D eigenvalue weighted by atomic mass is 35.5. The molecule has 2 rings (SSSR count). The molecule has 0 fully saturated rings. The van der Waals surface area contributed by atoms with Gasteiger partial charge in [-0.05, 0) is 62.7 Å². The van der Waals surface area contributed by atoms with E-state index in [-0.39, 0.29) is 12.4 Å². The van der Waals surface area contributed by atoms with Crippen LogP contribution in [0.3, 0.4) is 0 Å². The summed E-state index contributed by atoms with van der Waals surface area (Å²) in [5, 5.41) is 0.374. The summed E-state index contributed by atoms with van der Waals surface area (Å²) in [5.74, 6) is 0.875. The molecule has 2 aromatic rings. The van der Waals surface area contributed by atoms with Crippen LogP contribution in [0.25, 0.3) is 6.08 Å². The zero-order valence-electron chi connectivity index (χ0n) is 17.5. The number of halogens is 1. The molecule has 0 aliphatic heterocycles. The monoisotopic (exact) mass is 432 g/mol. The Balaban J connectivity index is 2.12. The van der Waals surface area contributed by atoms with Crippen LogP contribution in [-0.2, 0) is 16.1 Å². The maximum Gasteiger partial charge on any atom is 0.331 e. The van der Waals surface area contributed by atoms with Crippen molar-refractivity contribution in [2.45, 2.75) is 27.4 Å². The molecule has 6 nitrogen and oxygen atoms in total. The maximum absolute atomic E-state index is 12.2. The van der Waals surface area contributed by atoms with Crippen LogP contribution in [0.4, 0.5) is 0 Å². The number of benzene rings is 2. The number of Topliss-reactive ketones (excluding diaryl/α,β-unsaturated/α-hetero) is 1. The zero-order valence-corrected chi connectivity index (χ0v) is 18.2. The highest BCUT2D eigenvalue weighted by Crippen LogP contribution is 2.36. The van der Waals surface area contributed by atoms with Crippen molar-refractivity contribution in [1.82, 2.24) is 0 Å². The van der Waals surface area contributed by atoms with Crippen molar-refractivity contribution in [3.8, 4) is 17.2 Å². The van der Waals surface area contributed by atoms with Crippen molar-refractivity contribution in [3.63, 3.8) is 0 Å². The number of ketones is 1. The molecular weight excluding hydrogens is 408 g/mol. The molecule has 0 amide bonds. The molecule has 0 saturated heterocycles. The summed E-state index contributed by atoms with van der Waals surface area (Å²) in [6.45, 7) is 6.07. The van der Waals surface area contributed by atoms with Gasteiger partial charge in [-0.15, -0.1) is 0 Å². The van der Waals surface area contributed by atoms with Crippen molar-refractivity contribution in [2.24, 2.45) is 0 Å². The van der Waals surface area contributed by atoms with Gasteiger partial charge in [0, 0.05) is 17.2 Å². The van der Waals surface area contributed by atoms with E-state index < -0.39 is 5.97 Å². The van der Waals surface area contributed by atoms with Crippen LogP contribution >= 0.6 is 11.6 Å². The quantitative estimate of drug-likeness (QED) is 0.295. The first-order valence-corrected chi connectivity index (χ1v) is 9.89. The summed E-state index contributed by atoms with van der Waals surface area (Å²) in [4.78, 5) is 23.8.